The van der Waals surface area contributed by atoms with Gasteiger partial charge in [-0.15, -0.1) is 0 Å². The van der Waals surface area contributed by atoms with Crippen LogP contribution >= 0.6 is 0 Å². The van der Waals surface area contributed by atoms with Crippen molar-refractivity contribution in [3.63, 3.8) is 0 Å². The average molecular weight is 340 g/mol. The summed E-state index contributed by atoms with van der Waals surface area (Å²) in [5, 5.41) is 1.90. The van der Waals surface area contributed by atoms with Gasteiger partial charge < -0.3 is 10.2 Å². The highest BCUT2D eigenvalue weighted by atomic mass is 19.4. The lowest BCUT2D eigenvalue weighted by Crippen LogP contribution is -2.49. The highest BCUT2D eigenvalue weighted by Crippen LogP contribution is 2.36. The van der Waals surface area contributed by atoms with Crippen LogP contribution in [0, 0.1) is 0 Å². The Morgan fingerprint density at radius 2 is 1.96 bits per heavy atom. The molecule has 130 valence electrons. The molecule has 1 aliphatic heterocycles. The van der Waals surface area contributed by atoms with Gasteiger partial charge in [-0.3, -0.25) is 9.59 Å². The number of nitrogens with one attached hydrogen (secondary N) is 1. The zero-order valence-electron chi connectivity index (χ0n) is 13.1. The number of hydrogen-bond acceptors (Lipinski definition) is 2. The van der Waals surface area contributed by atoms with Crippen LogP contribution in [-0.4, -0.2) is 42.0 Å². The topological polar surface area (TPSA) is 49.4 Å². The monoisotopic (exact) mass is 340 g/mol. The van der Waals surface area contributed by atoms with Crippen molar-refractivity contribution >= 4 is 11.8 Å². The highest BCUT2D eigenvalue weighted by molar-refractivity contribution is 5.91. The molecule has 7 heteroatoms. The molecule has 0 spiro atoms. The minimum absolute atomic E-state index is 0.149. The third-order valence-corrected chi connectivity index (χ3v) is 4.73. The first-order valence-corrected chi connectivity index (χ1v) is 8.09. The summed E-state index contributed by atoms with van der Waals surface area (Å²) in [6.45, 7) is -0.946. The van der Waals surface area contributed by atoms with E-state index in [0.29, 0.717) is 25.8 Å². The van der Waals surface area contributed by atoms with Gasteiger partial charge in [0.2, 0.25) is 11.8 Å². The van der Waals surface area contributed by atoms with Crippen LogP contribution in [0.15, 0.2) is 24.3 Å². The van der Waals surface area contributed by atoms with Crippen LogP contribution in [0.1, 0.15) is 36.3 Å². The third-order valence-electron chi connectivity index (χ3n) is 4.73. The van der Waals surface area contributed by atoms with Crippen LogP contribution < -0.4 is 5.32 Å². The molecule has 1 aromatic rings. The Morgan fingerprint density at radius 3 is 2.71 bits per heavy atom. The van der Waals surface area contributed by atoms with Crippen molar-refractivity contribution in [3.8, 4) is 0 Å². The molecule has 0 aromatic heterocycles. The van der Waals surface area contributed by atoms with E-state index in [1.807, 2.05) is 29.6 Å². The molecule has 2 atom stereocenters. The molecular weight excluding hydrogens is 321 g/mol. The van der Waals surface area contributed by atoms with Crippen molar-refractivity contribution in [2.45, 2.75) is 43.8 Å². The number of alkyl halides is 3. The van der Waals surface area contributed by atoms with Crippen molar-refractivity contribution in [3.05, 3.63) is 35.4 Å². The molecule has 3 rings (SSSR count). The number of aryl methyl sites for hydroxylation is 1. The number of amides is 2. The number of carbonyl (C=O) groups is 2. The first-order valence-electron chi connectivity index (χ1n) is 8.09. The molecule has 0 bridgehead atoms. The quantitative estimate of drug-likeness (QED) is 0.918. The Kier molecular flexibility index (Phi) is 4.51. The Bertz CT molecular complexity index is 645. The predicted octanol–water partition coefficient (Wildman–Crippen LogP) is 2.39. The van der Waals surface area contributed by atoms with Gasteiger partial charge in [0, 0.05) is 6.54 Å². The van der Waals surface area contributed by atoms with E-state index in [9.17, 15) is 22.8 Å². The van der Waals surface area contributed by atoms with Gasteiger partial charge in [-0.25, -0.2) is 0 Å². The van der Waals surface area contributed by atoms with Crippen LogP contribution in [0.25, 0.3) is 0 Å². The summed E-state index contributed by atoms with van der Waals surface area (Å²) in [4.78, 5) is 26.4. The molecule has 1 fully saturated rings. The summed E-state index contributed by atoms with van der Waals surface area (Å²) in [5.41, 5.74) is 2.11. The van der Waals surface area contributed by atoms with Crippen molar-refractivity contribution in [1.29, 1.82) is 0 Å². The number of likely N-dealkylation sites (tertiary alicyclic amines) is 1. The van der Waals surface area contributed by atoms with E-state index in [2.05, 4.69) is 0 Å². The molecule has 1 N–H and O–H groups in total. The number of benzene rings is 1. The summed E-state index contributed by atoms with van der Waals surface area (Å²) in [6.07, 6.45) is -1.92. The second kappa shape index (κ2) is 6.45. The first-order chi connectivity index (χ1) is 11.4. The minimum atomic E-state index is -4.45. The van der Waals surface area contributed by atoms with Crippen molar-refractivity contribution in [1.82, 2.24) is 10.2 Å². The van der Waals surface area contributed by atoms with Gasteiger partial charge in [0.25, 0.3) is 0 Å². The van der Waals surface area contributed by atoms with Gasteiger partial charge in [-0.1, -0.05) is 24.3 Å². The summed E-state index contributed by atoms with van der Waals surface area (Å²) < 4.78 is 36.8. The van der Waals surface area contributed by atoms with Crippen molar-refractivity contribution < 1.29 is 22.8 Å². The Labute approximate surface area is 138 Å². The maximum Gasteiger partial charge on any atom is 0.405 e. The van der Waals surface area contributed by atoms with Crippen LogP contribution in [-0.2, 0) is 16.0 Å². The number of halogens is 3. The average Bonchev–Trinajstić information content (AvgIpc) is 3.18. The highest BCUT2D eigenvalue weighted by Gasteiger charge is 2.40. The summed E-state index contributed by atoms with van der Waals surface area (Å²) >= 11 is 0. The largest absolute Gasteiger partial charge is 0.405 e. The molecule has 0 saturated carbocycles. The fraction of sp³-hybridized carbons (Fsp3) is 0.529. The zero-order valence-corrected chi connectivity index (χ0v) is 13.1. The van der Waals surface area contributed by atoms with Crippen molar-refractivity contribution in [2.24, 2.45) is 0 Å². The Morgan fingerprint density at radius 1 is 1.21 bits per heavy atom. The molecule has 1 aliphatic carbocycles. The third kappa shape index (κ3) is 3.39. The summed E-state index contributed by atoms with van der Waals surface area (Å²) in [7, 11) is 0. The molecule has 1 heterocycles. The number of fused-ring (bicyclic) bond motifs is 1. The molecule has 2 aliphatic rings. The van der Waals surface area contributed by atoms with E-state index in [0.717, 1.165) is 17.5 Å². The van der Waals surface area contributed by atoms with Gasteiger partial charge in [0.05, 0.1) is 5.92 Å². The Hall–Kier alpha value is -2.05. The fourth-order valence-electron chi connectivity index (χ4n) is 3.62. The Balaban J connectivity index is 1.69. The number of carbonyl (C=O) groups excluding carboxylic acids is 2. The van der Waals surface area contributed by atoms with Crippen LogP contribution in [0.3, 0.4) is 0 Å². The van der Waals surface area contributed by atoms with Crippen LogP contribution in [0.4, 0.5) is 13.2 Å². The van der Waals surface area contributed by atoms with E-state index in [4.69, 9.17) is 0 Å². The lowest BCUT2D eigenvalue weighted by atomic mass is 9.99. The van der Waals surface area contributed by atoms with Gasteiger partial charge in [0.15, 0.2) is 0 Å². The van der Waals surface area contributed by atoms with Gasteiger partial charge in [0.1, 0.15) is 12.6 Å². The lowest BCUT2D eigenvalue weighted by molar-refractivity contribution is -0.145. The maximum absolute atomic E-state index is 12.9. The van der Waals surface area contributed by atoms with E-state index < -0.39 is 24.7 Å². The first kappa shape index (κ1) is 16.8. The minimum Gasteiger partial charge on any atom is -0.345 e. The van der Waals surface area contributed by atoms with Crippen LogP contribution in [0.5, 0.6) is 0 Å². The van der Waals surface area contributed by atoms with E-state index >= 15 is 0 Å². The molecule has 0 unspecified atom stereocenters. The fourth-order valence-corrected chi connectivity index (χ4v) is 3.62. The molecule has 24 heavy (non-hydrogen) atoms. The number of hydrogen-bond donors (Lipinski definition) is 1. The predicted molar refractivity (Wildman–Crippen MR) is 81.3 cm³/mol. The van der Waals surface area contributed by atoms with Gasteiger partial charge >= 0.3 is 6.18 Å². The molecule has 1 aromatic carbocycles. The SMILES string of the molecule is O=C(NCC(F)(F)F)[C@@H]1CCCN1C(=O)[C@H]1CCc2ccccc21. The van der Waals surface area contributed by atoms with E-state index in [1.165, 1.54) is 4.90 Å². The number of nitrogens with zero attached hydrogens (tertiary/aromatic N) is 1. The smallest absolute Gasteiger partial charge is 0.345 e. The van der Waals surface area contributed by atoms with E-state index in [1.54, 1.807) is 0 Å². The molecule has 0 radical (unpaired) electrons. The molecule has 2 amide bonds. The lowest BCUT2D eigenvalue weighted by Gasteiger charge is -2.27. The summed E-state index contributed by atoms with van der Waals surface area (Å²) in [5.74, 6) is -1.16. The number of rotatable bonds is 3. The standard InChI is InChI=1S/C17H19F3N2O2/c18-17(19,20)10-21-15(23)14-6-3-9-22(14)16(24)13-8-7-11-4-1-2-5-12(11)13/h1-2,4-5,13-14H,3,6-10H2,(H,21,23)/t13-,14-/m0/s1. The maximum atomic E-state index is 12.9. The van der Waals surface area contributed by atoms with Crippen molar-refractivity contribution in [2.75, 3.05) is 13.1 Å². The summed E-state index contributed by atoms with van der Waals surface area (Å²) in [6, 6.07) is 6.91. The molecule has 1 saturated heterocycles. The molecule has 4 nitrogen and oxygen atoms in total. The second-order valence-corrected chi connectivity index (χ2v) is 6.31. The van der Waals surface area contributed by atoms with Gasteiger partial charge in [-0.05, 0) is 36.8 Å². The van der Waals surface area contributed by atoms with Crippen LogP contribution in [0.2, 0.25) is 0 Å². The van der Waals surface area contributed by atoms with Gasteiger partial charge in [-0.2, -0.15) is 13.2 Å². The van der Waals surface area contributed by atoms with E-state index in [-0.39, 0.29) is 11.8 Å². The molecular formula is C17H19F3N2O2. The second-order valence-electron chi connectivity index (χ2n) is 6.31. The zero-order chi connectivity index (χ0) is 17.3. The normalized spacial score (nSPS) is 23.2.